The minimum Gasteiger partial charge on any atom is -0.371 e. The summed E-state index contributed by atoms with van der Waals surface area (Å²) in [6.07, 6.45) is 6.73. The molecule has 0 aromatic heterocycles. The van der Waals surface area contributed by atoms with Gasteiger partial charge in [0.2, 0.25) is 0 Å². The highest BCUT2D eigenvalue weighted by Crippen LogP contribution is 2.27. The Hall–Kier alpha value is -0.210. The Morgan fingerprint density at radius 1 is 1.06 bits per heavy atom. The summed E-state index contributed by atoms with van der Waals surface area (Å²) < 4.78 is 1.11. The van der Waals surface area contributed by atoms with Crippen molar-refractivity contribution in [3.63, 3.8) is 0 Å². The van der Waals surface area contributed by atoms with E-state index in [4.69, 9.17) is 11.6 Å². The van der Waals surface area contributed by atoms with Gasteiger partial charge in [-0.25, -0.2) is 0 Å². The van der Waals surface area contributed by atoms with E-state index in [0.717, 1.165) is 4.47 Å². The largest absolute Gasteiger partial charge is 0.371 e. The fraction of sp³-hybridized carbons (Fsp3) is 0.571. The molecular formula is C14H19BrClN. The fourth-order valence-electron chi connectivity index (χ4n) is 2.46. The third kappa shape index (κ3) is 3.62. The highest BCUT2D eigenvalue weighted by molar-refractivity contribution is 9.10. The van der Waals surface area contributed by atoms with Crippen LogP contribution < -0.4 is 4.90 Å². The van der Waals surface area contributed by atoms with E-state index in [1.165, 1.54) is 56.4 Å². The van der Waals surface area contributed by atoms with Crippen LogP contribution >= 0.6 is 27.5 Å². The molecule has 17 heavy (non-hydrogen) atoms. The van der Waals surface area contributed by atoms with E-state index in [9.17, 15) is 0 Å². The van der Waals surface area contributed by atoms with Gasteiger partial charge in [-0.2, -0.15) is 0 Å². The minimum absolute atomic E-state index is 0.589. The van der Waals surface area contributed by atoms with Crippen LogP contribution in [0.1, 0.15) is 37.7 Å². The first-order chi connectivity index (χ1) is 8.31. The third-order valence-electron chi connectivity index (χ3n) is 3.38. The highest BCUT2D eigenvalue weighted by Gasteiger charge is 2.12. The lowest BCUT2D eigenvalue weighted by molar-refractivity contribution is 0.556. The average Bonchev–Trinajstić information content (AvgIpc) is 2.29. The predicted molar refractivity (Wildman–Crippen MR) is 79.0 cm³/mol. The van der Waals surface area contributed by atoms with Crippen LogP contribution in [0.3, 0.4) is 0 Å². The zero-order chi connectivity index (χ0) is 12.1. The average molecular weight is 317 g/mol. The van der Waals surface area contributed by atoms with Crippen LogP contribution in [-0.2, 0) is 5.88 Å². The van der Waals surface area contributed by atoms with E-state index in [2.05, 4.69) is 39.0 Å². The first kappa shape index (κ1) is 13.2. The molecule has 3 heteroatoms. The Balaban J connectivity index is 2.18. The molecule has 2 rings (SSSR count). The van der Waals surface area contributed by atoms with Gasteiger partial charge in [-0.15, -0.1) is 11.6 Å². The number of nitrogens with zero attached hydrogens (tertiary/aromatic N) is 1. The van der Waals surface area contributed by atoms with E-state index in [1.54, 1.807) is 0 Å². The van der Waals surface area contributed by atoms with Crippen LogP contribution in [0.15, 0.2) is 22.7 Å². The quantitative estimate of drug-likeness (QED) is 0.697. The van der Waals surface area contributed by atoms with Gasteiger partial charge in [0.25, 0.3) is 0 Å². The van der Waals surface area contributed by atoms with Gasteiger partial charge < -0.3 is 4.90 Å². The van der Waals surface area contributed by atoms with E-state index < -0.39 is 0 Å². The van der Waals surface area contributed by atoms with Gasteiger partial charge in [-0.3, -0.25) is 0 Å². The number of anilines is 1. The molecule has 1 nitrogen and oxygen atoms in total. The molecule has 0 bridgehead atoms. The molecule has 1 aliphatic rings. The van der Waals surface area contributed by atoms with Crippen molar-refractivity contribution >= 4 is 33.2 Å². The molecule has 0 radical (unpaired) electrons. The number of rotatable bonds is 2. The van der Waals surface area contributed by atoms with E-state index in [-0.39, 0.29) is 0 Å². The molecule has 0 N–H and O–H groups in total. The van der Waals surface area contributed by atoms with Crippen molar-refractivity contribution in [3.8, 4) is 0 Å². The van der Waals surface area contributed by atoms with Crippen molar-refractivity contribution in [2.45, 2.75) is 38.0 Å². The van der Waals surface area contributed by atoms with Gasteiger partial charge in [0.15, 0.2) is 0 Å². The second-order valence-electron chi connectivity index (χ2n) is 4.66. The van der Waals surface area contributed by atoms with Crippen LogP contribution in [0.2, 0.25) is 0 Å². The van der Waals surface area contributed by atoms with Crippen molar-refractivity contribution in [1.29, 1.82) is 0 Å². The van der Waals surface area contributed by atoms with Crippen molar-refractivity contribution in [3.05, 3.63) is 28.2 Å². The molecule has 1 fully saturated rings. The lowest BCUT2D eigenvalue weighted by Gasteiger charge is -2.28. The Bertz CT molecular complexity index is 359. The normalized spacial score (nSPS) is 17.6. The topological polar surface area (TPSA) is 3.24 Å². The molecule has 0 saturated carbocycles. The lowest BCUT2D eigenvalue weighted by atomic mass is 10.1. The summed E-state index contributed by atoms with van der Waals surface area (Å²) in [5.74, 6) is 0.589. The fourth-order valence-corrected chi connectivity index (χ4v) is 3.08. The summed E-state index contributed by atoms with van der Waals surface area (Å²) in [5, 5.41) is 0. The van der Waals surface area contributed by atoms with E-state index >= 15 is 0 Å². The molecular weight excluding hydrogens is 298 g/mol. The Labute approximate surface area is 117 Å². The number of alkyl halides is 1. The summed E-state index contributed by atoms with van der Waals surface area (Å²) in [7, 11) is 0. The molecule has 1 aromatic rings. The molecule has 1 aliphatic heterocycles. The van der Waals surface area contributed by atoms with Crippen LogP contribution in [-0.4, -0.2) is 13.1 Å². The smallest absolute Gasteiger partial charge is 0.0494 e. The van der Waals surface area contributed by atoms with Crippen molar-refractivity contribution < 1.29 is 0 Å². The maximum Gasteiger partial charge on any atom is 0.0494 e. The molecule has 94 valence electrons. The maximum absolute atomic E-state index is 6.05. The molecule has 1 saturated heterocycles. The number of halogens is 2. The summed E-state index contributed by atoms with van der Waals surface area (Å²) in [6, 6.07) is 6.45. The Morgan fingerprint density at radius 3 is 2.35 bits per heavy atom. The van der Waals surface area contributed by atoms with Gasteiger partial charge in [0, 0.05) is 29.1 Å². The number of hydrogen-bond donors (Lipinski definition) is 0. The summed E-state index contributed by atoms with van der Waals surface area (Å²) >= 11 is 9.56. The standard InChI is InChI=1S/C14H19BrClN/c15-13-6-7-14(12(10-13)11-16)17-8-4-2-1-3-5-9-17/h6-7,10H,1-5,8-9,11H2. The van der Waals surface area contributed by atoms with Crippen LogP contribution in [0.4, 0.5) is 5.69 Å². The SMILES string of the molecule is ClCc1cc(Br)ccc1N1CCCCCCC1. The van der Waals surface area contributed by atoms with Gasteiger partial charge in [0.05, 0.1) is 0 Å². The molecule has 1 heterocycles. The Kier molecular flexibility index (Phi) is 5.17. The van der Waals surface area contributed by atoms with Crippen molar-refractivity contribution in [1.82, 2.24) is 0 Å². The van der Waals surface area contributed by atoms with Crippen molar-refractivity contribution in [2.24, 2.45) is 0 Å². The van der Waals surface area contributed by atoms with Crippen LogP contribution in [0.25, 0.3) is 0 Å². The van der Waals surface area contributed by atoms with Crippen molar-refractivity contribution in [2.75, 3.05) is 18.0 Å². The minimum atomic E-state index is 0.589. The molecule has 0 aliphatic carbocycles. The summed E-state index contributed by atoms with van der Waals surface area (Å²) in [4.78, 5) is 2.50. The van der Waals surface area contributed by atoms with Crippen LogP contribution in [0, 0.1) is 0 Å². The molecule has 0 unspecified atom stereocenters. The van der Waals surface area contributed by atoms with Gasteiger partial charge in [0.1, 0.15) is 0 Å². The lowest BCUT2D eigenvalue weighted by Crippen LogP contribution is -2.27. The van der Waals surface area contributed by atoms with E-state index in [0.29, 0.717) is 5.88 Å². The second kappa shape index (κ2) is 6.65. The van der Waals surface area contributed by atoms with Gasteiger partial charge >= 0.3 is 0 Å². The maximum atomic E-state index is 6.05. The van der Waals surface area contributed by atoms with E-state index in [1.807, 2.05) is 0 Å². The summed E-state index contributed by atoms with van der Waals surface area (Å²) in [6.45, 7) is 2.34. The monoisotopic (exact) mass is 315 g/mol. The molecule has 0 spiro atoms. The predicted octanol–water partition coefficient (Wildman–Crippen LogP) is 4.96. The van der Waals surface area contributed by atoms with Gasteiger partial charge in [-0.1, -0.05) is 35.2 Å². The molecule has 1 aromatic carbocycles. The zero-order valence-corrected chi connectivity index (χ0v) is 12.4. The second-order valence-corrected chi connectivity index (χ2v) is 5.84. The van der Waals surface area contributed by atoms with Gasteiger partial charge in [-0.05, 0) is 36.6 Å². The number of hydrogen-bond acceptors (Lipinski definition) is 1. The zero-order valence-electron chi connectivity index (χ0n) is 10.1. The first-order valence-corrected chi connectivity index (χ1v) is 7.73. The highest BCUT2D eigenvalue weighted by atomic mass is 79.9. The third-order valence-corrected chi connectivity index (χ3v) is 4.16. The Morgan fingerprint density at radius 2 is 1.71 bits per heavy atom. The number of benzene rings is 1. The van der Waals surface area contributed by atoms with Crippen LogP contribution in [0.5, 0.6) is 0 Å². The molecule has 0 amide bonds. The summed E-state index contributed by atoms with van der Waals surface area (Å²) in [5.41, 5.74) is 2.56. The molecule has 0 atom stereocenters. The first-order valence-electron chi connectivity index (χ1n) is 6.40.